The van der Waals surface area contributed by atoms with Gasteiger partial charge in [0.25, 0.3) is 5.91 Å². The van der Waals surface area contributed by atoms with Gasteiger partial charge in [0.05, 0.1) is 17.4 Å². The number of rotatable bonds is 6. The van der Waals surface area contributed by atoms with Crippen molar-refractivity contribution in [3.8, 4) is 5.69 Å². The van der Waals surface area contributed by atoms with Crippen LogP contribution in [0.5, 0.6) is 0 Å². The standard InChI is InChI=1S/C15H18F3N5O.ClH/c1-3-19-10(2)8-20-14(24)13-9-23(22-21-13)12-6-4-5-11(7-12)15(16,17)18;/h4-7,9-10,19H,3,8H2,1-2H3,(H,20,24);1H/t10-;/m1./s1. The molecule has 0 aliphatic rings. The Bertz CT molecular complexity index is 704. The molecule has 10 heteroatoms. The van der Waals surface area contributed by atoms with Crippen LogP contribution in [0, 0.1) is 0 Å². The molecule has 0 spiro atoms. The van der Waals surface area contributed by atoms with Crippen molar-refractivity contribution in [1.29, 1.82) is 0 Å². The van der Waals surface area contributed by atoms with Gasteiger partial charge in [-0.2, -0.15) is 13.2 Å². The summed E-state index contributed by atoms with van der Waals surface area (Å²) >= 11 is 0. The fraction of sp³-hybridized carbons (Fsp3) is 0.400. The van der Waals surface area contributed by atoms with Gasteiger partial charge < -0.3 is 10.6 Å². The molecule has 0 aliphatic heterocycles. The summed E-state index contributed by atoms with van der Waals surface area (Å²) in [6, 6.07) is 4.74. The van der Waals surface area contributed by atoms with E-state index in [1.807, 2.05) is 13.8 Å². The number of alkyl halides is 3. The molecule has 138 valence electrons. The van der Waals surface area contributed by atoms with Crippen molar-refractivity contribution in [2.75, 3.05) is 13.1 Å². The Morgan fingerprint density at radius 3 is 2.72 bits per heavy atom. The minimum atomic E-state index is -4.45. The van der Waals surface area contributed by atoms with E-state index in [2.05, 4.69) is 20.9 Å². The molecule has 1 amide bonds. The van der Waals surface area contributed by atoms with Crippen LogP contribution in [0.2, 0.25) is 0 Å². The molecule has 1 aromatic carbocycles. The Hall–Kier alpha value is -2.13. The van der Waals surface area contributed by atoms with E-state index in [0.29, 0.717) is 6.54 Å². The second-order valence-corrected chi connectivity index (χ2v) is 5.27. The monoisotopic (exact) mass is 377 g/mol. The SMILES string of the molecule is CCN[C@H](C)CNC(=O)c1cn(-c2cccc(C(F)(F)F)c2)nn1.Cl. The number of nitrogens with zero attached hydrogens (tertiary/aromatic N) is 3. The molecule has 0 unspecified atom stereocenters. The summed E-state index contributed by atoms with van der Waals surface area (Å²) in [5.74, 6) is -0.432. The number of halogens is 4. The van der Waals surface area contributed by atoms with E-state index in [1.165, 1.54) is 18.3 Å². The van der Waals surface area contributed by atoms with Gasteiger partial charge in [-0.3, -0.25) is 4.79 Å². The predicted molar refractivity (Wildman–Crippen MR) is 89.1 cm³/mol. The van der Waals surface area contributed by atoms with Gasteiger partial charge in [-0.25, -0.2) is 4.68 Å². The number of carbonyl (C=O) groups is 1. The van der Waals surface area contributed by atoms with Gasteiger partial charge in [-0.05, 0) is 31.7 Å². The highest BCUT2D eigenvalue weighted by Gasteiger charge is 2.30. The Balaban J connectivity index is 0.00000312. The van der Waals surface area contributed by atoms with Crippen LogP contribution in [0.3, 0.4) is 0 Å². The fourth-order valence-corrected chi connectivity index (χ4v) is 2.08. The van der Waals surface area contributed by atoms with E-state index >= 15 is 0 Å². The van der Waals surface area contributed by atoms with Crippen LogP contribution in [-0.4, -0.2) is 40.0 Å². The summed E-state index contributed by atoms with van der Waals surface area (Å²) in [5, 5.41) is 13.3. The maximum Gasteiger partial charge on any atom is 0.416 e. The molecule has 2 aromatic rings. The largest absolute Gasteiger partial charge is 0.416 e. The van der Waals surface area contributed by atoms with Crippen molar-refractivity contribution in [3.05, 3.63) is 41.7 Å². The first-order chi connectivity index (χ1) is 11.3. The average Bonchev–Trinajstić information content (AvgIpc) is 3.02. The lowest BCUT2D eigenvalue weighted by molar-refractivity contribution is -0.137. The number of likely N-dealkylation sites (N-methyl/N-ethyl adjacent to an activating group) is 1. The third-order valence-electron chi connectivity index (χ3n) is 3.29. The topological polar surface area (TPSA) is 71.8 Å². The molecule has 2 N–H and O–H groups in total. The van der Waals surface area contributed by atoms with Crippen molar-refractivity contribution in [2.45, 2.75) is 26.1 Å². The molecular weight excluding hydrogens is 359 g/mol. The van der Waals surface area contributed by atoms with Crippen molar-refractivity contribution < 1.29 is 18.0 Å². The molecule has 0 aliphatic carbocycles. The van der Waals surface area contributed by atoms with Gasteiger partial charge in [0.2, 0.25) is 0 Å². The molecule has 0 saturated carbocycles. The molecule has 2 rings (SSSR count). The first-order valence-corrected chi connectivity index (χ1v) is 7.43. The summed E-state index contributed by atoms with van der Waals surface area (Å²) < 4.78 is 39.4. The number of amides is 1. The zero-order chi connectivity index (χ0) is 17.7. The zero-order valence-electron chi connectivity index (χ0n) is 13.7. The molecule has 1 heterocycles. The molecular formula is C15H19ClF3N5O. The molecule has 0 bridgehead atoms. The third-order valence-corrected chi connectivity index (χ3v) is 3.29. The van der Waals surface area contributed by atoms with Gasteiger partial charge in [-0.1, -0.05) is 18.2 Å². The van der Waals surface area contributed by atoms with Crippen LogP contribution in [-0.2, 0) is 6.18 Å². The molecule has 1 atom stereocenters. The zero-order valence-corrected chi connectivity index (χ0v) is 14.5. The Labute approximate surface area is 149 Å². The highest BCUT2D eigenvalue weighted by atomic mass is 35.5. The highest BCUT2D eigenvalue weighted by molar-refractivity contribution is 5.91. The quantitative estimate of drug-likeness (QED) is 0.811. The summed E-state index contributed by atoms with van der Waals surface area (Å²) in [7, 11) is 0. The van der Waals surface area contributed by atoms with Crippen molar-refractivity contribution >= 4 is 18.3 Å². The van der Waals surface area contributed by atoms with Crippen LogP contribution < -0.4 is 10.6 Å². The lowest BCUT2D eigenvalue weighted by atomic mass is 10.2. The summed E-state index contributed by atoms with van der Waals surface area (Å²) in [4.78, 5) is 12.0. The van der Waals surface area contributed by atoms with Gasteiger partial charge in [-0.15, -0.1) is 17.5 Å². The van der Waals surface area contributed by atoms with Crippen LogP contribution in [0.4, 0.5) is 13.2 Å². The van der Waals surface area contributed by atoms with Gasteiger partial charge >= 0.3 is 6.18 Å². The average molecular weight is 378 g/mol. The predicted octanol–water partition coefficient (Wildman–Crippen LogP) is 2.44. The van der Waals surface area contributed by atoms with E-state index in [0.717, 1.165) is 23.4 Å². The van der Waals surface area contributed by atoms with E-state index in [-0.39, 0.29) is 29.8 Å². The molecule has 0 fully saturated rings. The Morgan fingerprint density at radius 1 is 1.36 bits per heavy atom. The van der Waals surface area contributed by atoms with Gasteiger partial charge in [0.15, 0.2) is 5.69 Å². The first-order valence-electron chi connectivity index (χ1n) is 7.43. The van der Waals surface area contributed by atoms with E-state index in [1.54, 1.807) is 0 Å². The smallest absolute Gasteiger partial charge is 0.349 e. The normalized spacial score (nSPS) is 12.4. The first kappa shape index (κ1) is 20.9. The van der Waals surface area contributed by atoms with Crippen molar-refractivity contribution in [3.63, 3.8) is 0 Å². The minimum Gasteiger partial charge on any atom is -0.349 e. The van der Waals surface area contributed by atoms with Crippen LogP contribution in [0.25, 0.3) is 5.69 Å². The lowest BCUT2D eigenvalue weighted by Crippen LogP contribution is -2.38. The number of hydrogen-bond acceptors (Lipinski definition) is 4. The number of carbonyl (C=O) groups excluding carboxylic acids is 1. The lowest BCUT2D eigenvalue weighted by Gasteiger charge is -2.12. The van der Waals surface area contributed by atoms with Gasteiger partial charge in [0, 0.05) is 12.6 Å². The van der Waals surface area contributed by atoms with E-state index in [9.17, 15) is 18.0 Å². The van der Waals surface area contributed by atoms with E-state index in [4.69, 9.17) is 0 Å². The second kappa shape index (κ2) is 8.82. The maximum atomic E-state index is 12.7. The molecule has 1 aromatic heterocycles. The number of hydrogen-bond donors (Lipinski definition) is 2. The third kappa shape index (κ3) is 5.71. The minimum absolute atomic E-state index is 0. The van der Waals surface area contributed by atoms with Crippen molar-refractivity contribution in [2.24, 2.45) is 0 Å². The van der Waals surface area contributed by atoms with Crippen LogP contribution in [0.1, 0.15) is 29.9 Å². The Morgan fingerprint density at radius 2 is 2.08 bits per heavy atom. The number of nitrogens with one attached hydrogen (secondary N) is 2. The fourth-order valence-electron chi connectivity index (χ4n) is 2.08. The number of aromatic nitrogens is 3. The highest BCUT2D eigenvalue weighted by Crippen LogP contribution is 2.30. The maximum absolute atomic E-state index is 12.7. The molecule has 6 nitrogen and oxygen atoms in total. The summed E-state index contributed by atoms with van der Waals surface area (Å²) in [5.41, 5.74) is -0.575. The van der Waals surface area contributed by atoms with Gasteiger partial charge in [0.1, 0.15) is 0 Å². The van der Waals surface area contributed by atoms with Crippen LogP contribution >= 0.6 is 12.4 Å². The summed E-state index contributed by atoms with van der Waals surface area (Å²) in [6.45, 7) is 5.06. The Kier molecular flexibility index (Phi) is 7.38. The van der Waals surface area contributed by atoms with Crippen LogP contribution in [0.15, 0.2) is 30.5 Å². The molecule has 0 saturated heterocycles. The van der Waals surface area contributed by atoms with E-state index < -0.39 is 17.6 Å². The molecule has 0 radical (unpaired) electrons. The molecule has 25 heavy (non-hydrogen) atoms. The van der Waals surface area contributed by atoms with Crippen molar-refractivity contribution in [1.82, 2.24) is 25.6 Å². The second-order valence-electron chi connectivity index (χ2n) is 5.27. The number of benzene rings is 1. The summed E-state index contributed by atoms with van der Waals surface area (Å²) in [6.07, 6.45) is -3.15.